The number of carbonyl (C=O) groups is 1. The highest BCUT2D eigenvalue weighted by atomic mass is 32.2. The molecule has 0 heterocycles. The normalized spacial score (nSPS) is 13.9. The number of unbranched alkanes of at least 4 members (excludes halogenated alkanes) is 15. The Labute approximate surface area is 234 Å². The quantitative estimate of drug-likeness (QED) is 0.0538. The van der Waals surface area contributed by atoms with E-state index in [1.54, 1.807) is 0 Å². The van der Waals surface area contributed by atoms with E-state index in [-0.39, 0.29) is 5.91 Å². The molecular weight excluding hydrogens is 498 g/mol. The third-order valence-corrected chi connectivity index (χ3v) is 7.69. The van der Waals surface area contributed by atoms with Gasteiger partial charge in [0, 0.05) is 6.42 Å². The molecule has 0 saturated heterocycles. The summed E-state index contributed by atoms with van der Waals surface area (Å²) in [6, 6.07) is -0.968. The van der Waals surface area contributed by atoms with Gasteiger partial charge < -0.3 is 10.4 Å². The summed E-state index contributed by atoms with van der Waals surface area (Å²) >= 11 is 0. The number of hydrogen-bond acceptors (Lipinski definition) is 4. The van der Waals surface area contributed by atoms with Crippen LogP contribution in [0, 0.1) is 0 Å². The van der Waals surface area contributed by atoms with Gasteiger partial charge in [-0.3, -0.25) is 9.35 Å². The van der Waals surface area contributed by atoms with Crippen molar-refractivity contribution in [3.05, 3.63) is 24.3 Å². The summed E-state index contributed by atoms with van der Waals surface area (Å²) in [4.78, 5) is 12.3. The minimum absolute atomic E-state index is 0.262. The van der Waals surface area contributed by atoms with E-state index >= 15 is 0 Å². The molecule has 0 aromatic rings. The van der Waals surface area contributed by atoms with Crippen molar-refractivity contribution in [3.63, 3.8) is 0 Å². The van der Waals surface area contributed by atoms with Crippen molar-refractivity contribution in [2.45, 2.75) is 161 Å². The topological polar surface area (TPSA) is 104 Å². The van der Waals surface area contributed by atoms with Crippen molar-refractivity contribution in [3.8, 4) is 0 Å². The fourth-order valence-electron chi connectivity index (χ4n) is 4.54. The predicted octanol–water partition coefficient (Wildman–Crippen LogP) is 8.06. The van der Waals surface area contributed by atoms with E-state index in [9.17, 15) is 22.9 Å². The van der Waals surface area contributed by atoms with E-state index in [2.05, 4.69) is 43.5 Å². The largest absolute Gasteiger partial charge is 0.391 e. The molecule has 0 bridgehead atoms. The van der Waals surface area contributed by atoms with Gasteiger partial charge in [0.05, 0.1) is 17.9 Å². The van der Waals surface area contributed by atoms with E-state index in [4.69, 9.17) is 0 Å². The Hall–Kier alpha value is -1.18. The van der Waals surface area contributed by atoms with E-state index in [0.717, 1.165) is 70.6 Å². The SMILES string of the molecule is CCCCCC/C=C\C/C=C\CCCCCCCCCC(=O)NC(CS(=O)(=O)O)C(O)CCCCCCC. The predicted molar refractivity (Wildman–Crippen MR) is 161 cm³/mol. The molecule has 0 aromatic carbocycles. The van der Waals surface area contributed by atoms with Crippen LogP contribution in [-0.4, -0.2) is 41.9 Å². The third kappa shape index (κ3) is 26.4. The maximum absolute atomic E-state index is 12.3. The van der Waals surface area contributed by atoms with Crippen molar-refractivity contribution >= 4 is 16.0 Å². The van der Waals surface area contributed by atoms with Crippen molar-refractivity contribution in [1.82, 2.24) is 5.32 Å². The molecule has 0 aliphatic carbocycles. The van der Waals surface area contributed by atoms with Gasteiger partial charge in [0.15, 0.2) is 0 Å². The maximum Gasteiger partial charge on any atom is 0.266 e. The van der Waals surface area contributed by atoms with Crippen molar-refractivity contribution in [2.75, 3.05) is 5.75 Å². The van der Waals surface area contributed by atoms with Crippen LogP contribution in [0.25, 0.3) is 0 Å². The Kier molecular flexibility index (Phi) is 25.3. The Morgan fingerprint density at radius 3 is 1.74 bits per heavy atom. The Bertz CT molecular complexity index is 705. The van der Waals surface area contributed by atoms with Crippen LogP contribution in [0.5, 0.6) is 0 Å². The van der Waals surface area contributed by atoms with E-state index < -0.39 is 28.0 Å². The fourth-order valence-corrected chi connectivity index (χ4v) is 5.30. The highest BCUT2D eigenvalue weighted by Gasteiger charge is 2.25. The second-order valence-electron chi connectivity index (χ2n) is 10.7. The number of rotatable bonds is 27. The van der Waals surface area contributed by atoms with Crippen molar-refractivity contribution in [1.29, 1.82) is 0 Å². The van der Waals surface area contributed by atoms with Crippen LogP contribution < -0.4 is 5.32 Å². The number of amides is 1. The van der Waals surface area contributed by atoms with Gasteiger partial charge in [-0.2, -0.15) is 8.42 Å². The molecule has 2 atom stereocenters. The van der Waals surface area contributed by atoms with Gasteiger partial charge in [-0.1, -0.05) is 122 Å². The van der Waals surface area contributed by atoms with Crippen LogP contribution in [0.15, 0.2) is 24.3 Å². The minimum atomic E-state index is -4.29. The zero-order valence-corrected chi connectivity index (χ0v) is 25.4. The Morgan fingerprint density at radius 1 is 0.711 bits per heavy atom. The molecule has 3 N–H and O–H groups in total. The minimum Gasteiger partial charge on any atom is -0.391 e. The molecule has 0 radical (unpaired) electrons. The van der Waals surface area contributed by atoms with Crippen molar-refractivity contribution < 1.29 is 22.9 Å². The Morgan fingerprint density at radius 2 is 1.18 bits per heavy atom. The summed E-state index contributed by atoms with van der Waals surface area (Å²) in [6.07, 6.45) is 30.2. The summed E-state index contributed by atoms with van der Waals surface area (Å²) in [6.45, 7) is 4.37. The van der Waals surface area contributed by atoms with Gasteiger partial charge in [-0.15, -0.1) is 0 Å². The second-order valence-corrected chi connectivity index (χ2v) is 12.2. The smallest absolute Gasteiger partial charge is 0.266 e. The van der Waals surface area contributed by atoms with Crippen LogP contribution >= 0.6 is 0 Å². The average Bonchev–Trinajstić information content (AvgIpc) is 2.86. The molecule has 38 heavy (non-hydrogen) atoms. The summed E-state index contributed by atoms with van der Waals surface area (Å²) in [5.74, 6) is -0.915. The number of nitrogens with one attached hydrogen (secondary N) is 1. The molecule has 1 amide bonds. The van der Waals surface area contributed by atoms with Gasteiger partial charge in [-0.05, 0) is 44.9 Å². The molecule has 7 heteroatoms. The number of aliphatic hydroxyl groups is 1. The van der Waals surface area contributed by atoms with Crippen LogP contribution in [0.3, 0.4) is 0 Å². The average molecular weight is 558 g/mol. The molecule has 0 rings (SSSR count). The van der Waals surface area contributed by atoms with Crippen molar-refractivity contribution in [2.24, 2.45) is 0 Å². The molecule has 0 spiro atoms. The van der Waals surface area contributed by atoms with Gasteiger partial charge in [0.25, 0.3) is 10.1 Å². The lowest BCUT2D eigenvalue weighted by Crippen LogP contribution is -2.47. The van der Waals surface area contributed by atoms with Crippen LogP contribution in [-0.2, 0) is 14.9 Å². The highest BCUT2D eigenvalue weighted by Crippen LogP contribution is 2.13. The maximum atomic E-state index is 12.3. The van der Waals surface area contributed by atoms with Crippen LogP contribution in [0.1, 0.15) is 149 Å². The molecule has 0 aliphatic rings. The van der Waals surface area contributed by atoms with E-state index in [0.29, 0.717) is 12.8 Å². The second kappa shape index (κ2) is 26.1. The van der Waals surface area contributed by atoms with Gasteiger partial charge in [0.2, 0.25) is 5.91 Å². The number of carbonyl (C=O) groups excluding carboxylic acids is 1. The number of allylic oxidation sites excluding steroid dienone is 4. The Balaban J connectivity index is 3.86. The molecule has 224 valence electrons. The fraction of sp³-hybridized carbons (Fsp3) is 0.839. The lowest BCUT2D eigenvalue weighted by molar-refractivity contribution is -0.122. The lowest BCUT2D eigenvalue weighted by Gasteiger charge is -2.23. The summed E-state index contributed by atoms with van der Waals surface area (Å²) in [5, 5.41) is 13.1. The summed E-state index contributed by atoms with van der Waals surface area (Å²) in [7, 11) is -4.29. The molecule has 0 fully saturated rings. The standard InChI is InChI=1S/C31H59NO5S/c1-3-5-7-9-10-11-12-13-14-15-16-17-18-19-20-21-23-25-27-31(34)32-29(28-38(35,36)37)30(33)26-24-22-8-6-4-2/h11-12,14-15,29-30,33H,3-10,13,16-28H2,1-2H3,(H,32,34)(H,35,36,37)/b12-11-,15-14-. The van der Waals surface area contributed by atoms with Gasteiger partial charge >= 0.3 is 0 Å². The highest BCUT2D eigenvalue weighted by molar-refractivity contribution is 7.85. The first-order valence-electron chi connectivity index (χ1n) is 15.5. The van der Waals surface area contributed by atoms with E-state index in [1.165, 1.54) is 51.4 Å². The first-order valence-corrected chi connectivity index (χ1v) is 17.1. The summed E-state index contributed by atoms with van der Waals surface area (Å²) < 4.78 is 32.0. The number of aliphatic hydroxyl groups excluding tert-OH is 1. The molecule has 6 nitrogen and oxygen atoms in total. The molecular formula is C31H59NO5S. The molecule has 0 aliphatic heterocycles. The van der Waals surface area contributed by atoms with Gasteiger partial charge in [0.1, 0.15) is 0 Å². The lowest BCUT2D eigenvalue weighted by atomic mass is 10.0. The first kappa shape index (κ1) is 36.8. The number of hydrogen-bond donors (Lipinski definition) is 3. The molecule has 0 saturated carbocycles. The molecule has 0 aromatic heterocycles. The molecule has 2 unspecified atom stereocenters. The van der Waals surface area contributed by atoms with Crippen LogP contribution in [0.2, 0.25) is 0 Å². The first-order chi connectivity index (χ1) is 18.3. The van der Waals surface area contributed by atoms with Crippen LogP contribution in [0.4, 0.5) is 0 Å². The zero-order chi connectivity index (χ0) is 28.3. The zero-order valence-electron chi connectivity index (χ0n) is 24.5. The van der Waals surface area contributed by atoms with Gasteiger partial charge in [-0.25, -0.2) is 0 Å². The third-order valence-electron chi connectivity index (χ3n) is 6.91. The summed E-state index contributed by atoms with van der Waals surface area (Å²) in [5.41, 5.74) is 0. The monoisotopic (exact) mass is 557 g/mol. The van der Waals surface area contributed by atoms with E-state index in [1.807, 2.05) is 0 Å².